The van der Waals surface area contributed by atoms with Crippen LogP contribution in [0.2, 0.25) is 5.02 Å². The van der Waals surface area contributed by atoms with Crippen molar-refractivity contribution < 1.29 is 9.72 Å². The van der Waals surface area contributed by atoms with Crippen molar-refractivity contribution in [3.05, 3.63) is 61.8 Å². The number of rotatable bonds is 3. The quantitative estimate of drug-likeness (QED) is 0.516. The van der Waals surface area contributed by atoms with Crippen LogP contribution < -0.4 is 5.32 Å². The van der Waals surface area contributed by atoms with Gasteiger partial charge in [0.2, 0.25) is 0 Å². The summed E-state index contributed by atoms with van der Waals surface area (Å²) in [5.41, 5.74) is 0.520. The summed E-state index contributed by atoms with van der Waals surface area (Å²) in [5, 5.41) is 13.2. The third kappa shape index (κ3) is 3.31. The summed E-state index contributed by atoms with van der Waals surface area (Å²) in [6, 6.07) is 7.20. The largest absolute Gasteiger partial charge is 0.322 e. The highest BCUT2D eigenvalue weighted by Crippen LogP contribution is 2.27. The van der Waals surface area contributed by atoms with Gasteiger partial charge in [-0.2, -0.15) is 0 Å². The zero-order chi connectivity index (χ0) is 14.7. The topological polar surface area (TPSA) is 85.1 Å². The van der Waals surface area contributed by atoms with Crippen molar-refractivity contribution >= 4 is 44.8 Å². The van der Waals surface area contributed by atoms with E-state index in [1.807, 2.05) is 0 Å². The van der Waals surface area contributed by atoms with Crippen molar-refractivity contribution in [2.24, 2.45) is 0 Å². The molecule has 0 aliphatic carbocycles. The minimum absolute atomic E-state index is 0.0401. The van der Waals surface area contributed by atoms with Crippen LogP contribution in [-0.2, 0) is 0 Å². The number of aromatic nitrogens is 1. The maximum atomic E-state index is 11.9. The Morgan fingerprint density at radius 1 is 1.35 bits per heavy atom. The number of pyridine rings is 1. The highest BCUT2D eigenvalue weighted by molar-refractivity contribution is 9.10. The fourth-order valence-electron chi connectivity index (χ4n) is 1.45. The molecule has 0 atom stereocenters. The van der Waals surface area contributed by atoms with Crippen LogP contribution in [0.5, 0.6) is 0 Å². The maximum Gasteiger partial charge on any atom is 0.288 e. The van der Waals surface area contributed by atoms with Crippen LogP contribution >= 0.6 is 27.5 Å². The Balaban J connectivity index is 2.18. The predicted molar refractivity (Wildman–Crippen MR) is 78.0 cm³/mol. The Hall–Kier alpha value is -1.99. The molecule has 1 aromatic heterocycles. The molecular weight excluding hydrogens is 350 g/mol. The van der Waals surface area contributed by atoms with E-state index in [-0.39, 0.29) is 16.6 Å². The van der Waals surface area contributed by atoms with E-state index >= 15 is 0 Å². The van der Waals surface area contributed by atoms with E-state index in [1.54, 1.807) is 12.1 Å². The van der Waals surface area contributed by atoms with Gasteiger partial charge in [-0.25, -0.2) is 4.98 Å². The number of nitro groups is 1. The second-order valence-electron chi connectivity index (χ2n) is 3.75. The molecule has 0 spiro atoms. The maximum absolute atomic E-state index is 11.9. The van der Waals surface area contributed by atoms with Crippen molar-refractivity contribution in [1.29, 1.82) is 0 Å². The molecule has 2 aromatic rings. The van der Waals surface area contributed by atoms with Gasteiger partial charge in [0, 0.05) is 18.0 Å². The minimum atomic E-state index is -0.591. The van der Waals surface area contributed by atoms with Crippen molar-refractivity contribution in [1.82, 2.24) is 4.98 Å². The van der Waals surface area contributed by atoms with Crippen LogP contribution in [0.15, 0.2) is 41.1 Å². The minimum Gasteiger partial charge on any atom is -0.322 e. The number of nitro benzene ring substituents is 1. The fourth-order valence-corrected chi connectivity index (χ4v) is 1.93. The first-order valence-electron chi connectivity index (χ1n) is 5.34. The molecular formula is C12H7BrClN3O3. The van der Waals surface area contributed by atoms with Crippen LogP contribution in [-0.4, -0.2) is 15.8 Å². The number of carbonyl (C=O) groups excluding carboxylic acids is 1. The van der Waals surface area contributed by atoms with Gasteiger partial charge >= 0.3 is 0 Å². The molecule has 0 unspecified atom stereocenters. The Labute approximate surface area is 127 Å². The average Bonchev–Trinajstić information content (AvgIpc) is 2.39. The Morgan fingerprint density at radius 2 is 2.10 bits per heavy atom. The van der Waals surface area contributed by atoms with Gasteiger partial charge in [0.25, 0.3) is 11.6 Å². The molecule has 20 heavy (non-hydrogen) atoms. The summed E-state index contributed by atoms with van der Waals surface area (Å²) < 4.78 is 0.618. The second-order valence-corrected chi connectivity index (χ2v) is 4.97. The van der Waals surface area contributed by atoms with Crippen LogP contribution in [0, 0.1) is 10.1 Å². The lowest BCUT2D eigenvalue weighted by Gasteiger charge is -2.05. The van der Waals surface area contributed by atoms with Crippen LogP contribution in [0.4, 0.5) is 11.4 Å². The van der Waals surface area contributed by atoms with Crippen LogP contribution in [0.3, 0.4) is 0 Å². The number of anilines is 1. The third-order valence-corrected chi connectivity index (χ3v) is 3.16. The lowest BCUT2D eigenvalue weighted by Crippen LogP contribution is -2.12. The summed E-state index contributed by atoms with van der Waals surface area (Å²) in [7, 11) is 0. The van der Waals surface area contributed by atoms with E-state index < -0.39 is 4.92 Å². The number of hydrogen-bond donors (Lipinski definition) is 1. The molecule has 0 saturated heterocycles. The zero-order valence-corrected chi connectivity index (χ0v) is 12.2. The third-order valence-electron chi connectivity index (χ3n) is 2.39. The number of benzene rings is 1. The van der Waals surface area contributed by atoms with Gasteiger partial charge in [-0.15, -0.1) is 0 Å². The van der Waals surface area contributed by atoms with E-state index in [4.69, 9.17) is 11.6 Å². The van der Waals surface area contributed by atoms with Gasteiger partial charge in [-0.05, 0) is 40.2 Å². The molecule has 1 aromatic carbocycles. The van der Waals surface area contributed by atoms with E-state index in [0.717, 1.165) is 0 Å². The molecule has 0 aliphatic heterocycles. The first kappa shape index (κ1) is 14.4. The van der Waals surface area contributed by atoms with Gasteiger partial charge in [-0.3, -0.25) is 14.9 Å². The molecule has 1 N–H and O–H groups in total. The molecule has 0 radical (unpaired) electrons. The summed E-state index contributed by atoms with van der Waals surface area (Å²) in [5.74, 6) is -0.380. The number of amides is 1. The molecule has 0 bridgehead atoms. The van der Waals surface area contributed by atoms with Crippen molar-refractivity contribution in [3.63, 3.8) is 0 Å². The number of nitrogens with zero attached hydrogens (tertiary/aromatic N) is 2. The molecule has 0 fully saturated rings. The lowest BCUT2D eigenvalue weighted by atomic mass is 10.2. The molecule has 2 rings (SSSR count). The van der Waals surface area contributed by atoms with E-state index in [1.165, 1.54) is 24.4 Å². The molecule has 8 heteroatoms. The highest BCUT2D eigenvalue weighted by atomic mass is 79.9. The smallest absolute Gasteiger partial charge is 0.288 e. The molecule has 0 aliphatic rings. The molecule has 1 heterocycles. The molecule has 0 saturated carbocycles. The van der Waals surface area contributed by atoms with Gasteiger partial charge in [0.15, 0.2) is 0 Å². The summed E-state index contributed by atoms with van der Waals surface area (Å²) in [6.45, 7) is 0. The summed E-state index contributed by atoms with van der Waals surface area (Å²) in [4.78, 5) is 25.9. The highest BCUT2D eigenvalue weighted by Gasteiger charge is 2.13. The Kier molecular flexibility index (Phi) is 4.31. The predicted octanol–water partition coefficient (Wildman–Crippen LogP) is 3.66. The van der Waals surface area contributed by atoms with Gasteiger partial charge in [0.1, 0.15) is 9.63 Å². The number of hydrogen-bond acceptors (Lipinski definition) is 4. The summed E-state index contributed by atoms with van der Waals surface area (Å²) in [6.07, 6.45) is 1.41. The van der Waals surface area contributed by atoms with E-state index in [9.17, 15) is 14.9 Å². The lowest BCUT2D eigenvalue weighted by molar-refractivity contribution is -0.384. The first-order valence-corrected chi connectivity index (χ1v) is 6.51. The van der Waals surface area contributed by atoms with E-state index in [2.05, 4.69) is 26.2 Å². The monoisotopic (exact) mass is 355 g/mol. The number of nitrogens with one attached hydrogen (secondary N) is 1. The molecule has 102 valence electrons. The number of halogens is 2. The Bertz CT molecular complexity index is 676. The fraction of sp³-hybridized carbons (Fsp3) is 0. The second kappa shape index (κ2) is 5.98. The van der Waals surface area contributed by atoms with Gasteiger partial charge < -0.3 is 5.32 Å². The SMILES string of the molecule is O=C(Nc1ccc([N+](=O)[O-])c(Cl)c1)c1ccc(Br)nc1. The summed E-state index contributed by atoms with van der Waals surface area (Å²) >= 11 is 8.93. The van der Waals surface area contributed by atoms with Gasteiger partial charge in [0.05, 0.1) is 10.5 Å². The molecule has 1 amide bonds. The first-order chi connectivity index (χ1) is 9.47. The number of carbonyl (C=O) groups is 1. The van der Waals surface area contributed by atoms with Crippen molar-refractivity contribution in [2.45, 2.75) is 0 Å². The van der Waals surface area contributed by atoms with Crippen molar-refractivity contribution in [3.8, 4) is 0 Å². The standard InChI is InChI=1S/C12H7BrClN3O3/c13-11-4-1-7(6-15-11)12(18)16-8-2-3-10(17(19)20)9(14)5-8/h1-6H,(H,16,18). The van der Waals surface area contributed by atoms with E-state index in [0.29, 0.717) is 15.9 Å². The normalized spacial score (nSPS) is 10.1. The van der Waals surface area contributed by atoms with Crippen LogP contribution in [0.25, 0.3) is 0 Å². The molecule has 6 nitrogen and oxygen atoms in total. The average molecular weight is 357 g/mol. The zero-order valence-electron chi connectivity index (χ0n) is 9.84. The van der Waals surface area contributed by atoms with Crippen LogP contribution in [0.1, 0.15) is 10.4 Å². The van der Waals surface area contributed by atoms with Gasteiger partial charge in [-0.1, -0.05) is 11.6 Å². The van der Waals surface area contributed by atoms with Crippen molar-refractivity contribution in [2.75, 3.05) is 5.32 Å². The Morgan fingerprint density at radius 3 is 2.65 bits per heavy atom.